The second-order valence-corrected chi connectivity index (χ2v) is 6.48. The lowest BCUT2D eigenvalue weighted by Crippen LogP contribution is -2.57. The SMILES string of the molecule is O=C(O)C1CCSC2(CCCC(C(F)(F)F)C2)N1. The van der Waals surface area contributed by atoms with Gasteiger partial charge in [-0.3, -0.25) is 10.1 Å². The van der Waals surface area contributed by atoms with E-state index < -0.39 is 29.0 Å². The number of hydrogen-bond donors (Lipinski definition) is 2. The molecule has 2 N–H and O–H groups in total. The van der Waals surface area contributed by atoms with Crippen LogP contribution < -0.4 is 5.32 Å². The number of carboxylic acid groups (broad SMARTS) is 1. The zero-order valence-electron chi connectivity index (χ0n) is 9.79. The van der Waals surface area contributed by atoms with Crippen molar-refractivity contribution in [3.63, 3.8) is 0 Å². The van der Waals surface area contributed by atoms with E-state index >= 15 is 0 Å². The van der Waals surface area contributed by atoms with Crippen LogP contribution in [0.3, 0.4) is 0 Å². The van der Waals surface area contributed by atoms with Crippen LogP contribution in [0.25, 0.3) is 0 Å². The fraction of sp³-hybridized carbons (Fsp3) is 0.909. The Morgan fingerprint density at radius 3 is 2.72 bits per heavy atom. The Morgan fingerprint density at radius 1 is 1.39 bits per heavy atom. The predicted molar refractivity (Wildman–Crippen MR) is 62.4 cm³/mol. The van der Waals surface area contributed by atoms with Gasteiger partial charge in [0, 0.05) is 0 Å². The van der Waals surface area contributed by atoms with Gasteiger partial charge in [-0.25, -0.2) is 0 Å². The van der Waals surface area contributed by atoms with E-state index in [9.17, 15) is 18.0 Å². The molecule has 18 heavy (non-hydrogen) atoms. The summed E-state index contributed by atoms with van der Waals surface area (Å²) in [6, 6.07) is -0.710. The van der Waals surface area contributed by atoms with Gasteiger partial charge >= 0.3 is 12.1 Å². The summed E-state index contributed by atoms with van der Waals surface area (Å²) in [5.41, 5.74) is 0. The number of thioether (sulfide) groups is 1. The Hall–Kier alpha value is -0.430. The molecule has 7 heteroatoms. The van der Waals surface area contributed by atoms with Gasteiger partial charge < -0.3 is 5.11 Å². The number of hydrogen-bond acceptors (Lipinski definition) is 3. The van der Waals surface area contributed by atoms with Crippen molar-refractivity contribution < 1.29 is 23.1 Å². The van der Waals surface area contributed by atoms with Crippen molar-refractivity contribution in [2.75, 3.05) is 5.75 Å². The van der Waals surface area contributed by atoms with Crippen molar-refractivity contribution in [1.82, 2.24) is 5.32 Å². The Balaban J connectivity index is 2.08. The number of halogens is 3. The molecule has 1 heterocycles. The van der Waals surface area contributed by atoms with Crippen LogP contribution in [0.5, 0.6) is 0 Å². The normalized spacial score (nSPS) is 37.7. The molecule has 1 saturated heterocycles. The van der Waals surface area contributed by atoms with Crippen molar-refractivity contribution in [3.8, 4) is 0 Å². The molecule has 1 saturated carbocycles. The molecule has 104 valence electrons. The van der Waals surface area contributed by atoms with Gasteiger partial charge in [-0.15, -0.1) is 11.8 Å². The fourth-order valence-electron chi connectivity index (χ4n) is 2.77. The van der Waals surface area contributed by atoms with E-state index in [4.69, 9.17) is 5.11 Å². The lowest BCUT2D eigenvalue weighted by molar-refractivity contribution is -0.185. The van der Waals surface area contributed by atoms with Crippen LogP contribution in [-0.2, 0) is 4.79 Å². The molecule has 2 aliphatic rings. The van der Waals surface area contributed by atoms with Gasteiger partial charge in [0.2, 0.25) is 0 Å². The molecular formula is C11H16F3NO2S. The van der Waals surface area contributed by atoms with Crippen LogP contribution >= 0.6 is 11.8 Å². The first kappa shape index (κ1) is 14.0. The standard InChI is InChI=1S/C11H16F3NO2S/c12-11(13,14)7-2-1-4-10(6-7)15-8(9(16)17)3-5-18-10/h7-8,15H,1-6H2,(H,16,17). The Labute approximate surface area is 108 Å². The summed E-state index contributed by atoms with van der Waals surface area (Å²) < 4.78 is 38.3. The smallest absolute Gasteiger partial charge is 0.391 e. The Kier molecular flexibility index (Phi) is 3.82. The summed E-state index contributed by atoms with van der Waals surface area (Å²) >= 11 is 1.45. The minimum atomic E-state index is -4.17. The Morgan fingerprint density at radius 2 is 2.11 bits per heavy atom. The van der Waals surface area contributed by atoms with Gasteiger partial charge in [0.05, 0.1) is 10.8 Å². The summed E-state index contributed by atoms with van der Waals surface area (Å²) in [7, 11) is 0. The third kappa shape index (κ3) is 2.93. The molecule has 0 bridgehead atoms. The number of rotatable bonds is 1. The van der Waals surface area contributed by atoms with Gasteiger partial charge in [0.15, 0.2) is 0 Å². The average Bonchev–Trinajstić information content (AvgIpc) is 2.28. The van der Waals surface area contributed by atoms with E-state index in [0.717, 1.165) is 0 Å². The largest absolute Gasteiger partial charge is 0.480 e. The second kappa shape index (κ2) is 4.92. The first-order valence-electron chi connectivity index (χ1n) is 6.04. The molecule has 2 fully saturated rings. The van der Waals surface area contributed by atoms with Crippen molar-refractivity contribution in [2.24, 2.45) is 5.92 Å². The first-order valence-corrected chi connectivity index (χ1v) is 7.02. The van der Waals surface area contributed by atoms with Crippen LogP contribution in [0.2, 0.25) is 0 Å². The van der Waals surface area contributed by atoms with Gasteiger partial charge in [-0.05, 0) is 31.4 Å². The molecule has 1 aliphatic heterocycles. The van der Waals surface area contributed by atoms with Gasteiger partial charge in [-0.2, -0.15) is 13.2 Å². The third-order valence-electron chi connectivity index (χ3n) is 3.69. The van der Waals surface area contributed by atoms with Crippen LogP contribution in [0.4, 0.5) is 13.2 Å². The zero-order chi connectivity index (χ0) is 13.4. The van der Waals surface area contributed by atoms with Gasteiger partial charge in [-0.1, -0.05) is 6.42 Å². The summed E-state index contributed by atoms with van der Waals surface area (Å²) in [5, 5.41) is 11.9. The summed E-state index contributed by atoms with van der Waals surface area (Å²) in [5.74, 6) is -1.67. The maximum atomic E-state index is 12.8. The van der Waals surface area contributed by atoms with E-state index in [1.165, 1.54) is 11.8 Å². The van der Waals surface area contributed by atoms with Crippen LogP contribution in [0.1, 0.15) is 32.1 Å². The molecule has 2 rings (SSSR count). The average molecular weight is 283 g/mol. The van der Waals surface area contributed by atoms with E-state index in [0.29, 0.717) is 25.0 Å². The molecule has 0 aromatic rings. The highest BCUT2D eigenvalue weighted by Gasteiger charge is 2.49. The highest BCUT2D eigenvalue weighted by molar-refractivity contribution is 8.00. The van der Waals surface area contributed by atoms with E-state index in [1.807, 2.05) is 0 Å². The fourth-order valence-corrected chi connectivity index (χ4v) is 4.34. The molecule has 1 spiro atoms. The minimum Gasteiger partial charge on any atom is -0.480 e. The topological polar surface area (TPSA) is 49.3 Å². The highest BCUT2D eigenvalue weighted by Crippen LogP contribution is 2.48. The predicted octanol–water partition coefficient (Wildman–Crippen LogP) is 2.61. The van der Waals surface area contributed by atoms with E-state index in [-0.39, 0.29) is 12.8 Å². The molecule has 0 amide bonds. The number of carboxylic acids is 1. The van der Waals surface area contributed by atoms with E-state index in [2.05, 4.69) is 5.32 Å². The van der Waals surface area contributed by atoms with Crippen LogP contribution in [0.15, 0.2) is 0 Å². The number of alkyl halides is 3. The van der Waals surface area contributed by atoms with Crippen molar-refractivity contribution in [3.05, 3.63) is 0 Å². The molecule has 3 nitrogen and oxygen atoms in total. The zero-order valence-corrected chi connectivity index (χ0v) is 10.6. The number of nitrogens with one attached hydrogen (secondary N) is 1. The van der Waals surface area contributed by atoms with Crippen molar-refractivity contribution in [2.45, 2.75) is 49.2 Å². The summed E-state index contributed by atoms with van der Waals surface area (Å²) in [6.07, 6.45) is -2.44. The lowest BCUT2D eigenvalue weighted by atomic mass is 9.84. The quantitative estimate of drug-likeness (QED) is 0.776. The molecule has 0 aromatic carbocycles. The second-order valence-electron chi connectivity index (χ2n) is 5.00. The summed E-state index contributed by atoms with van der Waals surface area (Å²) in [4.78, 5) is 10.3. The maximum absolute atomic E-state index is 12.8. The number of carbonyl (C=O) groups is 1. The molecule has 3 atom stereocenters. The maximum Gasteiger partial charge on any atom is 0.391 e. The van der Waals surface area contributed by atoms with Crippen LogP contribution in [-0.4, -0.2) is 33.9 Å². The molecule has 0 aromatic heterocycles. The summed E-state index contributed by atoms with van der Waals surface area (Å²) in [6.45, 7) is 0. The Bertz CT molecular complexity index is 333. The lowest BCUT2D eigenvalue weighted by Gasteiger charge is -2.45. The van der Waals surface area contributed by atoms with E-state index in [1.54, 1.807) is 0 Å². The highest BCUT2D eigenvalue weighted by atomic mass is 32.2. The minimum absolute atomic E-state index is 0.00898. The van der Waals surface area contributed by atoms with Crippen molar-refractivity contribution >= 4 is 17.7 Å². The molecule has 0 radical (unpaired) electrons. The monoisotopic (exact) mass is 283 g/mol. The molecule has 1 aliphatic carbocycles. The van der Waals surface area contributed by atoms with Gasteiger partial charge in [0.1, 0.15) is 6.04 Å². The molecular weight excluding hydrogens is 267 g/mol. The van der Waals surface area contributed by atoms with Crippen molar-refractivity contribution in [1.29, 1.82) is 0 Å². The van der Waals surface area contributed by atoms with Gasteiger partial charge in [0.25, 0.3) is 0 Å². The third-order valence-corrected chi connectivity index (χ3v) is 5.17. The van der Waals surface area contributed by atoms with Crippen LogP contribution in [0, 0.1) is 5.92 Å². The number of aliphatic carboxylic acids is 1. The first-order chi connectivity index (χ1) is 8.32. The molecule has 3 unspecified atom stereocenters.